The molecular formula is C15H19N5O3. The summed E-state index contributed by atoms with van der Waals surface area (Å²) in [6.07, 6.45) is 3.30. The highest BCUT2D eigenvalue weighted by Gasteiger charge is 2.22. The molecule has 0 aliphatic carbocycles. The third-order valence-electron chi connectivity index (χ3n) is 3.78. The van der Waals surface area contributed by atoms with Gasteiger partial charge in [0.25, 0.3) is 0 Å². The van der Waals surface area contributed by atoms with Crippen LogP contribution in [0.4, 0.5) is 4.79 Å². The summed E-state index contributed by atoms with van der Waals surface area (Å²) in [6.45, 7) is 2.26. The Morgan fingerprint density at radius 1 is 1.39 bits per heavy atom. The number of nitrogens with one attached hydrogen (secondary N) is 1. The summed E-state index contributed by atoms with van der Waals surface area (Å²) in [4.78, 5) is 12.4. The van der Waals surface area contributed by atoms with Gasteiger partial charge in [0, 0.05) is 25.7 Å². The summed E-state index contributed by atoms with van der Waals surface area (Å²) in [5, 5.41) is 20.0. The minimum absolute atomic E-state index is 0.134. The fourth-order valence-electron chi connectivity index (χ4n) is 2.55. The van der Waals surface area contributed by atoms with E-state index in [0.717, 1.165) is 17.9 Å². The number of ether oxygens (including phenoxy) is 1. The number of nitrogens with zero attached hydrogens (tertiary/aromatic N) is 4. The average molecular weight is 317 g/mol. The Balaban J connectivity index is 1.46. The van der Waals surface area contributed by atoms with Crippen molar-refractivity contribution in [2.45, 2.75) is 12.5 Å². The van der Waals surface area contributed by atoms with Crippen LogP contribution in [0.25, 0.3) is 5.69 Å². The molecule has 8 nitrogen and oxygen atoms in total. The van der Waals surface area contributed by atoms with Gasteiger partial charge in [0.15, 0.2) is 0 Å². The molecule has 1 fully saturated rings. The molecule has 0 unspecified atom stereocenters. The molecule has 8 heteroatoms. The van der Waals surface area contributed by atoms with Crippen LogP contribution < -0.4 is 10.1 Å². The standard InChI is InChI=1S/C15H19N5O3/c21-15(22)19-8-6-16-12(11-19)5-10-23-14-3-1-13(2-4-14)20-9-7-17-18-20/h1-4,7,9,12,16H,5-6,8,10-11H2,(H,21,22)/t12-/m1/s1. The van der Waals surface area contributed by atoms with Crippen molar-refractivity contribution in [3.63, 3.8) is 0 Å². The van der Waals surface area contributed by atoms with E-state index < -0.39 is 6.09 Å². The molecule has 2 heterocycles. The number of benzene rings is 1. The second kappa shape index (κ2) is 7.10. The van der Waals surface area contributed by atoms with E-state index in [1.165, 1.54) is 4.90 Å². The van der Waals surface area contributed by atoms with Gasteiger partial charge < -0.3 is 20.1 Å². The van der Waals surface area contributed by atoms with E-state index in [1.807, 2.05) is 24.3 Å². The van der Waals surface area contributed by atoms with Crippen LogP contribution in [0, 0.1) is 0 Å². The highest BCUT2D eigenvalue weighted by Crippen LogP contribution is 2.15. The van der Waals surface area contributed by atoms with Gasteiger partial charge in [-0.05, 0) is 30.7 Å². The summed E-state index contributed by atoms with van der Waals surface area (Å²) in [6, 6.07) is 7.72. The second-order valence-electron chi connectivity index (χ2n) is 5.36. The minimum atomic E-state index is -0.860. The number of carboxylic acid groups (broad SMARTS) is 1. The zero-order chi connectivity index (χ0) is 16.1. The first-order chi connectivity index (χ1) is 11.2. The molecule has 1 aromatic heterocycles. The van der Waals surface area contributed by atoms with E-state index in [1.54, 1.807) is 17.1 Å². The molecule has 2 aromatic rings. The van der Waals surface area contributed by atoms with Crippen LogP contribution in [0.3, 0.4) is 0 Å². The van der Waals surface area contributed by atoms with E-state index >= 15 is 0 Å². The van der Waals surface area contributed by atoms with Gasteiger partial charge >= 0.3 is 6.09 Å². The maximum Gasteiger partial charge on any atom is 0.407 e. The Kier molecular flexibility index (Phi) is 4.72. The number of carbonyl (C=O) groups is 1. The van der Waals surface area contributed by atoms with Crippen LogP contribution in [0.1, 0.15) is 6.42 Å². The maximum atomic E-state index is 11.0. The lowest BCUT2D eigenvalue weighted by atomic mass is 10.1. The molecule has 23 heavy (non-hydrogen) atoms. The van der Waals surface area contributed by atoms with Gasteiger partial charge in [-0.1, -0.05) is 5.21 Å². The SMILES string of the molecule is O=C(O)N1CCN[C@H](CCOc2ccc(-n3ccnn3)cc2)C1. The molecular weight excluding hydrogens is 298 g/mol. The monoisotopic (exact) mass is 317 g/mol. The number of aromatic nitrogens is 3. The third kappa shape index (κ3) is 3.98. The summed E-state index contributed by atoms with van der Waals surface area (Å²) in [7, 11) is 0. The molecule has 0 bridgehead atoms. The summed E-state index contributed by atoms with van der Waals surface area (Å²) >= 11 is 0. The Hall–Kier alpha value is -2.61. The predicted molar refractivity (Wildman–Crippen MR) is 82.9 cm³/mol. The van der Waals surface area contributed by atoms with E-state index in [4.69, 9.17) is 9.84 Å². The van der Waals surface area contributed by atoms with Crippen molar-refractivity contribution in [1.29, 1.82) is 0 Å². The minimum Gasteiger partial charge on any atom is -0.494 e. The van der Waals surface area contributed by atoms with Crippen LogP contribution in [0.2, 0.25) is 0 Å². The molecule has 1 saturated heterocycles. The molecule has 1 aliphatic rings. The van der Waals surface area contributed by atoms with Gasteiger partial charge in [0.05, 0.1) is 24.7 Å². The van der Waals surface area contributed by atoms with E-state index in [9.17, 15) is 4.79 Å². The third-order valence-corrected chi connectivity index (χ3v) is 3.78. The maximum absolute atomic E-state index is 11.0. The lowest BCUT2D eigenvalue weighted by Gasteiger charge is -2.31. The molecule has 122 valence electrons. The number of hydrogen-bond donors (Lipinski definition) is 2. The molecule has 0 radical (unpaired) electrons. The second-order valence-corrected chi connectivity index (χ2v) is 5.36. The number of amides is 1. The van der Waals surface area contributed by atoms with Gasteiger partial charge in [-0.15, -0.1) is 5.10 Å². The number of piperazine rings is 1. The molecule has 0 spiro atoms. The number of rotatable bonds is 5. The number of hydrogen-bond acceptors (Lipinski definition) is 5. The van der Waals surface area contributed by atoms with Gasteiger partial charge in [0.2, 0.25) is 0 Å². The average Bonchev–Trinajstić information content (AvgIpc) is 3.10. The smallest absolute Gasteiger partial charge is 0.407 e. The predicted octanol–water partition coefficient (Wildman–Crippen LogP) is 0.988. The first kappa shape index (κ1) is 15.3. The van der Waals surface area contributed by atoms with E-state index in [-0.39, 0.29) is 6.04 Å². The molecule has 2 N–H and O–H groups in total. The molecule has 1 amide bonds. The van der Waals surface area contributed by atoms with Crippen molar-refractivity contribution < 1.29 is 14.6 Å². The Morgan fingerprint density at radius 2 is 2.22 bits per heavy atom. The van der Waals surface area contributed by atoms with Crippen LogP contribution in [0.15, 0.2) is 36.7 Å². The summed E-state index contributed by atoms with van der Waals surface area (Å²) < 4.78 is 7.40. The van der Waals surface area contributed by atoms with Crippen molar-refractivity contribution in [3.8, 4) is 11.4 Å². The first-order valence-electron chi connectivity index (χ1n) is 7.53. The normalized spacial score (nSPS) is 17.9. The summed E-state index contributed by atoms with van der Waals surface area (Å²) in [5.41, 5.74) is 0.917. The quantitative estimate of drug-likeness (QED) is 0.854. The van der Waals surface area contributed by atoms with E-state index in [2.05, 4.69) is 15.6 Å². The van der Waals surface area contributed by atoms with Crippen LogP contribution in [0.5, 0.6) is 5.75 Å². The van der Waals surface area contributed by atoms with Crippen molar-refractivity contribution in [3.05, 3.63) is 36.7 Å². The van der Waals surface area contributed by atoms with Crippen LogP contribution in [-0.4, -0.2) is 63.4 Å². The van der Waals surface area contributed by atoms with Gasteiger partial charge in [-0.2, -0.15) is 0 Å². The molecule has 1 aliphatic heterocycles. The molecule has 0 saturated carbocycles. The first-order valence-corrected chi connectivity index (χ1v) is 7.53. The summed E-state index contributed by atoms with van der Waals surface area (Å²) in [5.74, 6) is 0.778. The van der Waals surface area contributed by atoms with Crippen molar-refractivity contribution >= 4 is 6.09 Å². The Labute approximate surface area is 133 Å². The van der Waals surface area contributed by atoms with Crippen molar-refractivity contribution in [2.75, 3.05) is 26.2 Å². The largest absolute Gasteiger partial charge is 0.494 e. The lowest BCUT2D eigenvalue weighted by Crippen LogP contribution is -2.52. The zero-order valence-electron chi connectivity index (χ0n) is 12.6. The van der Waals surface area contributed by atoms with Crippen LogP contribution in [-0.2, 0) is 0 Å². The highest BCUT2D eigenvalue weighted by atomic mass is 16.5. The van der Waals surface area contributed by atoms with E-state index in [0.29, 0.717) is 26.2 Å². The van der Waals surface area contributed by atoms with Gasteiger partial charge in [-0.3, -0.25) is 0 Å². The Morgan fingerprint density at radius 3 is 2.91 bits per heavy atom. The molecule has 3 rings (SSSR count). The highest BCUT2D eigenvalue weighted by molar-refractivity contribution is 5.65. The fraction of sp³-hybridized carbons (Fsp3) is 0.400. The molecule has 1 atom stereocenters. The zero-order valence-corrected chi connectivity index (χ0v) is 12.6. The van der Waals surface area contributed by atoms with Crippen molar-refractivity contribution in [1.82, 2.24) is 25.2 Å². The lowest BCUT2D eigenvalue weighted by molar-refractivity contribution is 0.124. The van der Waals surface area contributed by atoms with Crippen molar-refractivity contribution in [2.24, 2.45) is 0 Å². The van der Waals surface area contributed by atoms with Gasteiger partial charge in [-0.25, -0.2) is 9.48 Å². The fourth-order valence-corrected chi connectivity index (χ4v) is 2.55. The van der Waals surface area contributed by atoms with Crippen LogP contribution >= 0.6 is 0 Å². The van der Waals surface area contributed by atoms with Gasteiger partial charge in [0.1, 0.15) is 5.75 Å². The Bertz CT molecular complexity index is 629. The topological polar surface area (TPSA) is 92.5 Å². The molecule has 1 aromatic carbocycles.